The van der Waals surface area contributed by atoms with Gasteiger partial charge in [0.15, 0.2) is 11.5 Å². The normalized spacial score (nSPS) is 10.2. The van der Waals surface area contributed by atoms with Crippen LogP contribution in [-0.4, -0.2) is 16.6 Å². The molecule has 0 bridgehead atoms. The van der Waals surface area contributed by atoms with Gasteiger partial charge in [-0.15, -0.1) is 0 Å². The Bertz CT molecular complexity index is 563. The maximum Gasteiger partial charge on any atom is 0.243 e. The topological polar surface area (TPSA) is 70.3 Å². The maximum absolute atomic E-state index is 5.96. The van der Waals surface area contributed by atoms with Crippen molar-refractivity contribution < 1.29 is 9.47 Å². The minimum absolute atomic E-state index is 0.103. The third kappa shape index (κ3) is 3.48. The average Bonchev–Trinajstić information content (AvgIpc) is 2.42. The van der Waals surface area contributed by atoms with E-state index in [1.54, 1.807) is 6.07 Å². The summed E-state index contributed by atoms with van der Waals surface area (Å²) in [6, 6.07) is 7.31. The number of nitrogens with two attached hydrogens (primary N) is 1. The zero-order chi connectivity index (χ0) is 13.7. The monoisotopic (exact) mass is 279 g/mol. The van der Waals surface area contributed by atoms with Gasteiger partial charge in [0.25, 0.3) is 0 Å². The van der Waals surface area contributed by atoms with E-state index in [1.165, 1.54) is 6.20 Å². The lowest BCUT2D eigenvalue weighted by Crippen LogP contribution is -2.00. The third-order valence-electron chi connectivity index (χ3n) is 2.25. The van der Waals surface area contributed by atoms with Crippen LogP contribution in [0.1, 0.15) is 13.3 Å². The first-order valence-electron chi connectivity index (χ1n) is 5.88. The van der Waals surface area contributed by atoms with Crippen LogP contribution in [0.4, 0.5) is 5.95 Å². The van der Waals surface area contributed by atoms with Crippen LogP contribution in [0.25, 0.3) is 0 Å². The summed E-state index contributed by atoms with van der Waals surface area (Å²) in [6.45, 7) is 2.64. The van der Waals surface area contributed by atoms with Crippen LogP contribution >= 0.6 is 11.6 Å². The molecule has 0 saturated carbocycles. The highest BCUT2D eigenvalue weighted by Gasteiger charge is 2.10. The zero-order valence-electron chi connectivity index (χ0n) is 10.5. The Labute approximate surface area is 116 Å². The molecule has 0 radical (unpaired) electrons. The van der Waals surface area contributed by atoms with Gasteiger partial charge in [-0.2, -0.15) is 4.98 Å². The molecule has 0 aliphatic rings. The molecule has 6 heteroatoms. The number of aromatic nitrogens is 2. The van der Waals surface area contributed by atoms with Gasteiger partial charge in [0.05, 0.1) is 12.8 Å². The molecular weight excluding hydrogens is 266 g/mol. The number of halogens is 1. The van der Waals surface area contributed by atoms with E-state index in [1.807, 2.05) is 25.1 Å². The molecule has 0 unspecified atom stereocenters. The molecule has 2 N–H and O–H groups in total. The first-order chi connectivity index (χ1) is 9.20. The largest absolute Gasteiger partial charge is 0.490 e. The Hall–Kier alpha value is -2.01. The molecule has 100 valence electrons. The Morgan fingerprint density at radius 2 is 2.00 bits per heavy atom. The fourth-order valence-electron chi connectivity index (χ4n) is 1.41. The minimum atomic E-state index is 0.103. The quantitative estimate of drug-likeness (QED) is 0.909. The smallest absolute Gasteiger partial charge is 0.243 e. The summed E-state index contributed by atoms with van der Waals surface area (Å²) in [5, 5.41) is 0.291. The van der Waals surface area contributed by atoms with Crippen molar-refractivity contribution in [3.63, 3.8) is 0 Å². The van der Waals surface area contributed by atoms with Gasteiger partial charge in [0, 0.05) is 0 Å². The molecule has 2 aromatic rings. The molecule has 1 heterocycles. The molecule has 1 aromatic carbocycles. The molecule has 0 saturated heterocycles. The number of hydrogen-bond donors (Lipinski definition) is 1. The summed E-state index contributed by atoms with van der Waals surface area (Å²) in [5.41, 5.74) is 5.51. The Balaban J connectivity index is 2.25. The Morgan fingerprint density at radius 3 is 2.74 bits per heavy atom. The van der Waals surface area contributed by atoms with Crippen molar-refractivity contribution in [3.05, 3.63) is 35.5 Å². The molecule has 19 heavy (non-hydrogen) atoms. The predicted molar refractivity (Wildman–Crippen MR) is 73.8 cm³/mol. The van der Waals surface area contributed by atoms with Crippen LogP contribution in [0.15, 0.2) is 30.5 Å². The van der Waals surface area contributed by atoms with E-state index in [4.69, 9.17) is 26.8 Å². The van der Waals surface area contributed by atoms with Gasteiger partial charge in [0.2, 0.25) is 11.8 Å². The van der Waals surface area contributed by atoms with E-state index >= 15 is 0 Å². The summed E-state index contributed by atoms with van der Waals surface area (Å²) < 4.78 is 11.2. The number of para-hydroxylation sites is 2. The molecule has 0 aliphatic carbocycles. The first-order valence-corrected chi connectivity index (χ1v) is 6.26. The highest BCUT2D eigenvalue weighted by atomic mass is 35.5. The van der Waals surface area contributed by atoms with E-state index in [2.05, 4.69) is 9.97 Å². The second-order valence-corrected chi connectivity index (χ2v) is 4.19. The second kappa shape index (κ2) is 6.24. The molecule has 2 rings (SSSR count). The van der Waals surface area contributed by atoms with E-state index in [0.29, 0.717) is 23.1 Å². The fourth-order valence-corrected chi connectivity index (χ4v) is 1.54. The number of hydrogen-bond acceptors (Lipinski definition) is 5. The first kappa shape index (κ1) is 13.4. The lowest BCUT2D eigenvalue weighted by atomic mass is 10.3. The number of nitrogens with zero attached hydrogens (tertiary/aromatic N) is 2. The second-order valence-electron chi connectivity index (χ2n) is 3.78. The van der Waals surface area contributed by atoms with Crippen molar-refractivity contribution in [1.29, 1.82) is 0 Å². The SMILES string of the molecule is CCCOc1ccccc1Oc1nc(N)ncc1Cl. The third-order valence-corrected chi connectivity index (χ3v) is 2.51. The van der Waals surface area contributed by atoms with Crippen LogP contribution < -0.4 is 15.2 Å². The van der Waals surface area contributed by atoms with E-state index < -0.39 is 0 Å². The van der Waals surface area contributed by atoms with Gasteiger partial charge in [-0.25, -0.2) is 4.98 Å². The lowest BCUT2D eigenvalue weighted by molar-refractivity contribution is 0.301. The van der Waals surface area contributed by atoms with Crippen LogP contribution in [0.2, 0.25) is 5.02 Å². The molecule has 0 fully saturated rings. The fraction of sp³-hybridized carbons (Fsp3) is 0.231. The Kier molecular flexibility index (Phi) is 4.41. The molecule has 0 amide bonds. The van der Waals surface area contributed by atoms with Crippen LogP contribution in [-0.2, 0) is 0 Å². The van der Waals surface area contributed by atoms with Crippen molar-refractivity contribution in [2.45, 2.75) is 13.3 Å². The van der Waals surface area contributed by atoms with E-state index in [9.17, 15) is 0 Å². The molecule has 0 spiro atoms. The van der Waals surface area contributed by atoms with Gasteiger partial charge in [0.1, 0.15) is 5.02 Å². The molecule has 0 aliphatic heterocycles. The van der Waals surface area contributed by atoms with Crippen LogP contribution in [0.3, 0.4) is 0 Å². The zero-order valence-corrected chi connectivity index (χ0v) is 11.2. The summed E-state index contributed by atoms with van der Waals surface area (Å²) in [6.07, 6.45) is 2.31. The number of anilines is 1. The Morgan fingerprint density at radius 1 is 1.26 bits per heavy atom. The van der Waals surface area contributed by atoms with Gasteiger partial charge in [-0.3, -0.25) is 0 Å². The lowest BCUT2D eigenvalue weighted by Gasteiger charge is -2.11. The van der Waals surface area contributed by atoms with Gasteiger partial charge >= 0.3 is 0 Å². The van der Waals surface area contributed by atoms with Crippen molar-refractivity contribution in [2.24, 2.45) is 0 Å². The number of nitrogen functional groups attached to an aromatic ring is 1. The minimum Gasteiger partial charge on any atom is -0.490 e. The summed E-state index contributed by atoms with van der Waals surface area (Å²) in [5.74, 6) is 1.49. The predicted octanol–water partition coefficient (Wildman–Crippen LogP) is 3.29. The van der Waals surface area contributed by atoms with E-state index in [0.717, 1.165) is 6.42 Å². The van der Waals surface area contributed by atoms with E-state index in [-0.39, 0.29) is 11.8 Å². The van der Waals surface area contributed by atoms with Gasteiger partial charge < -0.3 is 15.2 Å². The highest BCUT2D eigenvalue weighted by Crippen LogP contribution is 2.33. The van der Waals surface area contributed by atoms with Crippen molar-refractivity contribution in [1.82, 2.24) is 9.97 Å². The average molecular weight is 280 g/mol. The summed E-state index contributed by atoms with van der Waals surface area (Å²) in [4.78, 5) is 7.72. The summed E-state index contributed by atoms with van der Waals surface area (Å²) in [7, 11) is 0. The number of rotatable bonds is 5. The van der Waals surface area contributed by atoms with Gasteiger partial charge in [-0.1, -0.05) is 30.7 Å². The highest BCUT2D eigenvalue weighted by molar-refractivity contribution is 6.31. The molecular formula is C13H14ClN3O2. The number of benzene rings is 1. The standard InChI is InChI=1S/C13H14ClN3O2/c1-2-7-18-10-5-3-4-6-11(10)19-12-9(14)8-16-13(15)17-12/h3-6,8H,2,7H2,1H3,(H2,15,16,17). The number of ether oxygens (including phenoxy) is 2. The molecule has 1 aromatic heterocycles. The maximum atomic E-state index is 5.96. The molecule has 5 nitrogen and oxygen atoms in total. The van der Waals surface area contributed by atoms with Crippen LogP contribution in [0, 0.1) is 0 Å². The summed E-state index contributed by atoms with van der Waals surface area (Å²) >= 11 is 5.96. The van der Waals surface area contributed by atoms with Crippen LogP contribution in [0.5, 0.6) is 17.4 Å². The van der Waals surface area contributed by atoms with Crippen molar-refractivity contribution in [3.8, 4) is 17.4 Å². The van der Waals surface area contributed by atoms with Gasteiger partial charge in [-0.05, 0) is 18.6 Å². The molecule has 0 atom stereocenters. The van der Waals surface area contributed by atoms with Crippen molar-refractivity contribution in [2.75, 3.05) is 12.3 Å². The van der Waals surface area contributed by atoms with Crippen molar-refractivity contribution >= 4 is 17.5 Å².